The molecule has 20 heavy (non-hydrogen) atoms. The zero-order valence-corrected chi connectivity index (χ0v) is 13.5. The Hall–Kier alpha value is -1.06. The predicted octanol–water partition coefficient (Wildman–Crippen LogP) is 3.51. The van der Waals surface area contributed by atoms with Crippen LogP contribution in [0.1, 0.15) is 55.9 Å². The summed E-state index contributed by atoms with van der Waals surface area (Å²) in [5.41, 5.74) is 3.18. The molecule has 0 aliphatic rings. The lowest BCUT2D eigenvalue weighted by Gasteiger charge is -2.24. The molecule has 1 rings (SSSR count). The van der Waals surface area contributed by atoms with Gasteiger partial charge >= 0.3 is 0 Å². The number of benzene rings is 1. The van der Waals surface area contributed by atoms with E-state index in [0.29, 0.717) is 0 Å². The molecule has 0 spiro atoms. The van der Waals surface area contributed by atoms with E-state index in [1.54, 1.807) is 7.11 Å². The van der Waals surface area contributed by atoms with E-state index < -0.39 is 6.10 Å². The van der Waals surface area contributed by atoms with E-state index in [0.717, 1.165) is 35.4 Å². The molecule has 3 heteroatoms. The van der Waals surface area contributed by atoms with E-state index in [1.807, 2.05) is 32.9 Å². The van der Waals surface area contributed by atoms with Crippen LogP contribution >= 0.6 is 0 Å². The molecule has 2 atom stereocenters. The van der Waals surface area contributed by atoms with Gasteiger partial charge in [0.05, 0.1) is 13.2 Å². The molecule has 0 amide bonds. The quantitative estimate of drug-likeness (QED) is 0.715. The van der Waals surface area contributed by atoms with E-state index in [9.17, 15) is 5.11 Å². The number of hydrogen-bond acceptors (Lipinski definition) is 3. The van der Waals surface area contributed by atoms with Crippen molar-refractivity contribution in [1.29, 1.82) is 0 Å². The number of aliphatic hydroxyl groups excluding tert-OH is 1. The fourth-order valence-electron chi connectivity index (χ4n) is 2.59. The highest BCUT2D eigenvalue weighted by atomic mass is 16.5. The molecule has 2 unspecified atom stereocenters. The van der Waals surface area contributed by atoms with E-state index in [2.05, 4.69) is 12.2 Å². The van der Waals surface area contributed by atoms with Crippen molar-refractivity contribution in [2.45, 2.75) is 59.1 Å². The van der Waals surface area contributed by atoms with Gasteiger partial charge in [0.2, 0.25) is 0 Å². The number of ether oxygens (including phenoxy) is 1. The first-order chi connectivity index (χ1) is 9.51. The van der Waals surface area contributed by atoms with Crippen LogP contribution in [0.15, 0.2) is 12.1 Å². The van der Waals surface area contributed by atoms with E-state index in [1.165, 1.54) is 12.8 Å². The zero-order valence-electron chi connectivity index (χ0n) is 13.5. The number of hydrogen-bond donors (Lipinski definition) is 2. The Bertz CT molecular complexity index is 394. The highest BCUT2D eigenvalue weighted by Crippen LogP contribution is 2.28. The molecular formula is C17H29NO2. The molecule has 0 saturated carbocycles. The second-order valence-electron chi connectivity index (χ2n) is 5.57. The Morgan fingerprint density at radius 3 is 2.30 bits per heavy atom. The standard InChI is InChI=1S/C17H29NO2/c1-6-7-8-9-18-14(4)17(19)16-12(2)10-15(20-5)11-13(16)3/h10-11,14,17-19H,6-9H2,1-5H3. The summed E-state index contributed by atoms with van der Waals surface area (Å²) in [6, 6.07) is 4.02. The van der Waals surface area contributed by atoms with Gasteiger partial charge in [-0.25, -0.2) is 0 Å². The van der Waals surface area contributed by atoms with E-state index >= 15 is 0 Å². The molecule has 0 heterocycles. The molecule has 3 nitrogen and oxygen atoms in total. The molecule has 0 bridgehead atoms. The minimum absolute atomic E-state index is 0.0534. The number of aliphatic hydroxyl groups is 1. The number of aryl methyl sites for hydroxylation is 2. The van der Waals surface area contributed by atoms with Gasteiger partial charge in [-0.05, 0) is 62.6 Å². The van der Waals surface area contributed by atoms with Crippen LogP contribution < -0.4 is 10.1 Å². The van der Waals surface area contributed by atoms with Crippen LogP contribution in [0.3, 0.4) is 0 Å². The number of nitrogens with one attached hydrogen (secondary N) is 1. The first-order valence-electron chi connectivity index (χ1n) is 7.57. The van der Waals surface area contributed by atoms with Gasteiger partial charge in [-0.1, -0.05) is 19.8 Å². The lowest BCUT2D eigenvalue weighted by Crippen LogP contribution is -2.33. The SMILES string of the molecule is CCCCCNC(C)C(O)c1c(C)cc(OC)cc1C. The predicted molar refractivity (Wildman–Crippen MR) is 84.4 cm³/mol. The van der Waals surface area contributed by atoms with Gasteiger partial charge in [-0.15, -0.1) is 0 Å². The molecule has 114 valence electrons. The highest BCUT2D eigenvalue weighted by Gasteiger charge is 2.20. The van der Waals surface area contributed by atoms with Crippen LogP contribution in [0.2, 0.25) is 0 Å². The van der Waals surface area contributed by atoms with Crippen LogP contribution in [-0.2, 0) is 0 Å². The van der Waals surface area contributed by atoms with Crippen molar-refractivity contribution in [3.05, 3.63) is 28.8 Å². The third kappa shape index (κ3) is 4.50. The highest BCUT2D eigenvalue weighted by molar-refractivity contribution is 5.42. The summed E-state index contributed by atoms with van der Waals surface area (Å²) in [5.74, 6) is 0.847. The molecule has 0 fully saturated rings. The fraction of sp³-hybridized carbons (Fsp3) is 0.647. The summed E-state index contributed by atoms with van der Waals surface area (Å²) >= 11 is 0. The molecule has 1 aromatic rings. The second kappa shape index (κ2) is 8.28. The molecule has 0 radical (unpaired) electrons. The van der Waals surface area contributed by atoms with Gasteiger partial charge in [-0.2, -0.15) is 0 Å². The maximum absolute atomic E-state index is 10.6. The fourth-order valence-corrected chi connectivity index (χ4v) is 2.59. The van der Waals surface area contributed by atoms with Crippen molar-refractivity contribution < 1.29 is 9.84 Å². The number of methoxy groups -OCH3 is 1. The Morgan fingerprint density at radius 1 is 1.20 bits per heavy atom. The Kier molecular flexibility index (Phi) is 7.03. The summed E-state index contributed by atoms with van der Waals surface area (Å²) in [6.07, 6.45) is 3.13. The summed E-state index contributed by atoms with van der Waals surface area (Å²) in [6.45, 7) is 9.25. The number of unbranched alkanes of at least 4 members (excludes halogenated alkanes) is 2. The molecular weight excluding hydrogens is 250 g/mol. The summed E-state index contributed by atoms with van der Waals surface area (Å²) in [5, 5.41) is 14.0. The maximum atomic E-state index is 10.6. The first-order valence-corrected chi connectivity index (χ1v) is 7.57. The average molecular weight is 279 g/mol. The summed E-state index contributed by atoms with van der Waals surface area (Å²) < 4.78 is 5.27. The minimum atomic E-state index is -0.484. The van der Waals surface area contributed by atoms with Crippen molar-refractivity contribution in [1.82, 2.24) is 5.32 Å². The minimum Gasteiger partial charge on any atom is -0.497 e. The van der Waals surface area contributed by atoms with E-state index in [4.69, 9.17) is 4.74 Å². The first kappa shape index (κ1) is 17.0. The van der Waals surface area contributed by atoms with Crippen LogP contribution in [0.25, 0.3) is 0 Å². The van der Waals surface area contributed by atoms with Gasteiger partial charge in [0.25, 0.3) is 0 Å². The van der Waals surface area contributed by atoms with Crippen molar-refractivity contribution in [3.63, 3.8) is 0 Å². The maximum Gasteiger partial charge on any atom is 0.119 e. The lowest BCUT2D eigenvalue weighted by molar-refractivity contribution is 0.134. The average Bonchev–Trinajstić information content (AvgIpc) is 2.42. The smallest absolute Gasteiger partial charge is 0.119 e. The molecule has 2 N–H and O–H groups in total. The monoisotopic (exact) mass is 279 g/mol. The molecule has 1 aromatic carbocycles. The van der Waals surface area contributed by atoms with Gasteiger partial charge in [-0.3, -0.25) is 0 Å². The lowest BCUT2D eigenvalue weighted by atomic mass is 9.94. The van der Waals surface area contributed by atoms with Crippen LogP contribution in [0.4, 0.5) is 0 Å². The molecule has 0 aliphatic carbocycles. The zero-order chi connectivity index (χ0) is 15.1. The Balaban J connectivity index is 2.73. The van der Waals surface area contributed by atoms with Crippen LogP contribution in [0, 0.1) is 13.8 Å². The topological polar surface area (TPSA) is 41.5 Å². The van der Waals surface area contributed by atoms with Gasteiger partial charge in [0, 0.05) is 6.04 Å². The molecule has 0 aromatic heterocycles. The van der Waals surface area contributed by atoms with Gasteiger partial charge in [0.15, 0.2) is 0 Å². The Labute approximate surface area is 123 Å². The van der Waals surface area contributed by atoms with Gasteiger partial charge in [0.1, 0.15) is 5.75 Å². The van der Waals surface area contributed by atoms with Crippen LogP contribution in [-0.4, -0.2) is 24.8 Å². The second-order valence-corrected chi connectivity index (χ2v) is 5.57. The Morgan fingerprint density at radius 2 is 1.80 bits per heavy atom. The van der Waals surface area contributed by atoms with Crippen molar-refractivity contribution >= 4 is 0 Å². The normalized spacial score (nSPS) is 14.1. The molecule has 0 aliphatic heterocycles. The van der Waals surface area contributed by atoms with Gasteiger partial charge < -0.3 is 15.2 Å². The van der Waals surface area contributed by atoms with Crippen LogP contribution in [0.5, 0.6) is 5.75 Å². The van der Waals surface area contributed by atoms with Crippen molar-refractivity contribution in [2.75, 3.05) is 13.7 Å². The molecule has 0 saturated heterocycles. The number of rotatable bonds is 8. The van der Waals surface area contributed by atoms with Crippen molar-refractivity contribution in [2.24, 2.45) is 0 Å². The summed E-state index contributed by atoms with van der Waals surface area (Å²) in [7, 11) is 1.67. The van der Waals surface area contributed by atoms with E-state index in [-0.39, 0.29) is 6.04 Å². The van der Waals surface area contributed by atoms with Crippen molar-refractivity contribution in [3.8, 4) is 5.75 Å². The third-order valence-electron chi connectivity index (χ3n) is 3.82. The third-order valence-corrected chi connectivity index (χ3v) is 3.82. The largest absolute Gasteiger partial charge is 0.497 e. The summed E-state index contributed by atoms with van der Waals surface area (Å²) in [4.78, 5) is 0.